The van der Waals surface area contributed by atoms with Gasteiger partial charge in [-0.05, 0) is 32.1 Å². The molecular weight excluding hydrogens is 192 g/mol. The van der Waals surface area contributed by atoms with Gasteiger partial charge in [0.25, 0.3) is 0 Å². The minimum atomic E-state index is 0.790. The maximum Gasteiger partial charge on any atom is 0.0797 e. The van der Waals surface area contributed by atoms with E-state index in [9.17, 15) is 0 Å². The molecule has 0 saturated heterocycles. The van der Waals surface area contributed by atoms with Gasteiger partial charge in [0, 0.05) is 17.5 Å². The van der Waals surface area contributed by atoms with Gasteiger partial charge < -0.3 is 5.32 Å². The van der Waals surface area contributed by atoms with Gasteiger partial charge in [-0.3, -0.25) is 0 Å². The van der Waals surface area contributed by atoms with Crippen LogP contribution >= 0.6 is 11.3 Å². The van der Waals surface area contributed by atoms with Crippen molar-refractivity contribution < 1.29 is 0 Å². The summed E-state index contributed by atoms with van der Waals surface area (Å²) in [6, 6.07) is 0.790. The normalized spacial score (nSPS) is 26.1. The lowest BCUT2D eigenvalue weighted by Crippen LogP contribution is -2.40. The van der Waals surface area contributed by atoms with E-state index < -0.39 is 0 Å². The molecule has 1 aliphatic carbocycles. The Hall–Kier alpha value is -0.410. The van der Waals surface area contributed by atoms with Crippen molar-refractivity contribution in [1.82, 2.24) is 10.3 Å². The van der Waals surface area contributed by atoms with Gasteiger partial charge in [-0.1, -0.05) is 6.92 Å². The first kappa shape index (κ1) is 10.1. The molecule has 1 aromatic rings. The molecule has 1 N–H and O–H groups in total. The summed E-state index contributed by atoms with van der Waals surface area (Å²) in [7, 11) is 0. The van der Waals surface area contributed by atoms with Gasteiger partial charge in [-0.15, -0.1) is 11.3 Å². The first-order chi connectivity index (χ1) is 6.75. The van der Waals surface area contributed by atoms with Gasteiger partial charge in [0.15, 0.2) is 0 Å². The molecule has 78 valence electrons. The van der Waals surface area contributed by atoms with Gasteiger partial charge in [-0.25, -0.2) is 4.98 Å². The molecule has 0 radical (unpaired) electrons. The molecule has 1 aliphatic rings. The van der Waals surface area contributed by atoms with E-state index in [1.165, 1.54) is 23.4 Å². The van der Waals surface area contributed by atoms with Crippen LogP contribution in [0.15, 0.2) is 5.51 Å². The Balaban J connectivity index is 1.66. The Labute approximate surface area is 89.8 Å². The largest absolute Gasteiger partial charge is 0.314 e. The Bertz CT molecular complexity index is 289. The number of hydrogen-bond acceptors (Lipinski definition) is 3. The molecule has 2 nitrogen and oxygen atoms in total. The molecule has 1 heterocycles. The lowest BCUT2D eigenvalue weighted by molar-refractivity contribution is 0.243. The highest BCUT2D eigenvalue weighted by atomic mass is 32.1. The van der Waals surface area contributed by atoms with E-state index in [4.69, 9.17) is 0 Å². The van der Waals surface area contributed by atoms with Crippen LogP contribution in [0.1, 0.15) is 30.3 Å². The summed E-state index contributed by atoms with van der Waals surface area (Å²) < 4.78 is 0. The molecule has 0 aliphatic heterocycles. The fourth-order valence-corrected chi connectivity index (χ4v) is 2.81. The highest BCUT2D eigenvalue weighted by Crippen LogP contribution is 2.26. The van der Waals surface area contributed by atoms with Crippen molar-refractivity contribution in [2.45, 2.75) is 39.2 Å². The van der Waals surface area contributed by atoms with Crippen LogP contribution < -0.4 is 5.32 Å². The summed E-state index contributed by atoms with van der Waals surface area (Å²) in [5.41, 5.74) is 3.15. The quantitative estimate of drug-likeness (QED) is 0.825. The van der Waals surface area contributed by atoms with Crippen molar-refractivity contribution in [3.63, 3.8) is 0 Å². The second-order valence-electron chi connectivity index (χ2n) is 4.34. The molecule has 0 unspecified atom stereocenters. The monoisotopic (exact) mass is 210 g/mol. The van der Waals surface area contributed by atoms with Gasteiger partial charge >= 0.3 is 0 Å². The van der Waals surface area contributed by atoms with E-state index in [2.05, 4.69) is 24.1 Å². The number of nitrogens with one attached hydrogen (secondary N) is 1. The third-order valence-corrected chi connectivity index (χ3v) is 4.00. The van der Waals surface area contributed by atoms with Crippen molar-refractivity contribution in [1.29, 1.82) is 0 Å². The highest BCUT2D eigenvalue weighted by molar-refractivity contribution is 7.09. The number of thiazole rings is 1. The standard InChI is InChI=1S/C11H18N2S/c1-8-5-10(6-8)12-4-3-11-9(2)13-7-14-11/h7-8,10,12H,3-6H2,1-2H3. The summed E-state index contributed by atoms with van der Waals surface area (Å²) in [5, 5.41) is 3.59. The predicted molar refractivity (Wildman–Crippen MR) is 60.7 cm³/mol. The summed E-state index contributed by atoms with van der Waals surface area (Å²) in [6.45, 7) is 5.53. The van der Waals surface area contributed by atoms with E-state index in [1.54, 1.807) is 11.3 Å². The van der Waals surface area contributed by atoms with Gasteiger partial charge in [0.05, 0.1) is 11.2 Å². The fourth-order valence-electron chi connectivity index (χ4n) is 2.02. The molecular formula is C11H18N2S. The molecule has 1 fully saturated rings. The molecule has 3 heteroatoms. The van der Waals surface area contributed by atoms with Crippen LogP contribution in [0.3, 0.4) is 0 Å². The summed E-state index contributed by atoms with van der Waals surface area (Å²) in [4.78, 5) is 5.69. The Morgan fingerprint density at radius 3 is 2.93 bits per heavy atom. The van der Waals surface area contributed by atoms with Crippen molar-refractivity contribution in [3.8, 4) is 0 Å². The number of hydrogen-bond donors (Lipinski definition) is 1. The van der Waals surface area contributed by atoms with Crippen LogP contribution in [0, 0.1) is 12.8 Å². The Kier molecular flexibility index (Phi) is 3.19. The minimum Gasteiger partial charge on any atom is -0.314 e. The zero-order chi connectivity index (χ0) is 9.97. The zero-order valence-corrected chi connectivity index (χ0v) is 9.73. The van der Waals surface area contributed by atoms with Crippen molar-refractivity contribution in [2.75, 3.05) is 6.54 Å². The Morgan fingerprint density at radius 1 is 1.57 bits per heavy atom. The topological polar surface area (TPSA) is 24.9 Å². The molecule has 2 rings (SSSR count). The molecule has 14 heavy (non-hydrogen) atoms. The number of rotatable bonds is 4. The lowest BCUT2D eigenvalue weighted by Gasteiger charge is -2.33. The summed E-state index contributed by atoms with van der Waals surface area (Å²) >= 11 is 1.78. The lowest BCUT2D eigenvalue weighted by atomic mass is 9.82. The van der Waals surface area contributed by atoms with E-state index in [-0.39, 0.29) is 0 Å². The number of nitrogens with zero attached hydrogens (tertiary/aromatic N) is 1. The van der Waals surface area contributed by atoms with E-state index in [0.29, 0.717) is 0 Å². The maximum atomic E-state index is 4.25. The third kappa shape index (κ3) is 2.34. The minimum absolute atomic E-state index is 0.790. The number of aromatic nitrogens is 1. The maximum absolute atomic E-state index is 4.25. The molecule has 1 saturated carbocycles. The third-order valence-electron chi connectivity index (χ3n) is 3.00. The smallest absolute Gasteiger partial charge is 0.0797 e. The van der Waals surface area contributed by atoms with Crippen LogP contribution in [-0.4, -0.2) is 17.6 Å². The molecule has 0 aromatic carbocycles. The molecule has 0 amide bonds. The second-order valence-corrected chi connectivity index (χ2v) is 5.28. The van der Waals surface area contributed by atoms with Crippen molar-refractivity contribution in [3.05, 3.63) is 16.1 Å². The SMILES string of the molecule is Cc1ncsc1CCNC1CC(C)C1. The highest BCUT2D eigenvalue weighted by Gasteiger charge is 2.24. The van der Waals surface area contributed by atoms with Crippen LogP contribution in [0.4, 0.5) is 0 Å². The van der Waals surface area contributed by atoms with Crippen molar-refractivity contribution >= 4 is 11.3 Å². The average Bonchev–Trinajstić information content (AvgIpc) is 2.49. The van der Waals surface area contributed by atoms with Crippen molar-refractivity contribution in [2.24, 2.45) is 5.92 Å². The van der Waals surface area contributed by atoms with Crippen LogP contribution in [0.2, 0.25) is 0 Å². The van der Waals surface area contributed by atoms with Crippen LogP contribution in [0.5, 0.6) is 0 Å². The average molecular weight is 210 g/mol. The first-order valence-electron chi connectivity index (χ1n) is 5.38. The predicted octanol–water partition coefficient (Wildman–Crippen LogP) is 2.38. The zero-order valence-electron chi connectivity index (χ0n) is 8.92. The summed E-state index contributed by atoms with van der Waals surface area (Å²) in [5.74, 6) is 0.942. The van der Waals surface area contributed by atoms with Crippen LogP contribution in [0.25, 0.3) is 0 Å². The van der Waals surface area contributed by atoms with E-state index in [1.807, 2.05) is 5.51 Å². The van der Waals surface area contributed by atoms with Gasteiger partial charge in [-0.2, -0.15) is 0 Å². The Morgan fingerprint density at radius 2 is 2.36 bits per heavy atom. The fraction of sp³-hybridized carbons (Fsp3) is 0.727. The summed E-state index contributed by atoms with van der Waals surface area (Å²) in [6.07, 6.45) is 3.87. The van der Waals surface area contributed by atoms with Gasteiger partial charge in [0.1, 0.15) is 0 Å². The van der Waals surface area contributed by atoms with E-state index >= 15 is 0 Å². The molecule has 0 spiro atoms. The molecule has 0 bridgehead atoms. The molecule has 1 aromatic heterocycles. The second kappa shape index (κ2) is 4.41. The molecule has 0 atom stereocenters. The van der Waals surface area contributed by atoms with Crippen LogP contribution in [-0.2, 0) is 6.42 Å². The van der Waals surface area contributed by atoms with Gasteiger partial charge in [0.2, 0.25) is 0 Å². The number of aryl methyl sites for hydroxylation is 1. The first-order valence-corrected chi connectivity index (χ1v) is 6.26. The van der Waals surface area contributed by atoms with E-state index in [0.717, 1.165) is 24.9 Å².